The van der Waals surface area contributed by atoms with Gasteiger partial charge in [0.2, 0.25) is 0 Å². The zero-order valence-electron chi connectivity index (χ0n) is 22.0. The first-order valence-electron chi connectivity index (χ1n) is 13.8. The fraction of sp³-hybridized carbons (Fsp3) is 0.433. The van der Waals surface area contributed by atoms with E-state index in [9.17, 15) is 9.90 Å². The predicted octanol–water partition coefficient (Wildman–Crippen LogP) is 3.62. The Labute approximate surface area is 224 Å². The highest BCUT2D eigenvalue weighted by Gasteiger charge is 2.16. The number of aryl methyl sites for hydroxylation is 2. The topological polar surface area (TPSA) is 95.3 Å². The second-order valence-corrected chi connectivity index (χ2v) is 10.1. The van der Waals surface area contributed by atoms with Crippen molar-refractivity contribution < 1.29 is 9.90 Å². The van der Waals surface area contributed by atoms with Gasteiger partial charge in [0.15, 0.2) is 0 Å². The first-order valence-corrected chi connectivity index (χ1v) is 13.8. The Morgan fingerprint density at radius 2 is 1.82 bits per heavy atom. The maximum atomic E-state index is 11.4. The van der Waals surface area contributed by atoms with Gasteiger partial charge in [-0.25, -0.2) is 0 Å². The van der Waals surface area contributed by atoms with Crippen molar-refractivity contribution in [1.29, 1.82) is 0 Å². The average Bonchev–Trinajstić information content (AvgIpc) is 3.27. The van der Waals surface area contributed by atoms with Crippen LogP contribution in [0.15, 0.2) is 54.9 Å². The smallest absolute Gasteiger partial charge is 0.323 e. The van der Waals surface area contributed by atoms with Gasteiger partial charge in [0.25, 0.3) is 0 Å². The number of nitrogens with one attached hydrogen (secondary N) is 2. The van der Waals surface area contributed by atoms with E-state index in [0.717, 1.165) is 73.2 Å². The molecule has 6 rings (SSSR count). The first kappa shape index (κ1) is 26.3. The zero-order valence-corrected chi connectivity index (χ0v) is 22.0. The molecule has 1 fully saturated rings. The Bertz CT molecular complexity index is 1340. The van der Waals surface area contributed by atoms with Gasteiger partial charge in [-0.15, -0.1) is 0 Å². The number of para-hydroxylation sites is 1. The van der Waals surface area contributed by atoms with E-state index in [2.05, 4.69) is 31.6 Å². The van der Waals surface area contributed by atoms with Gasteiger partial charge in [0, 0.05) is 67.1 Å². The monoisotopic (exact) mass is 514 g/mol. The van der Waals surface area contributed by atoms with Crippen molar-refractivity contribution in [2.75, 3.05) is 39.3 Å². The molecule has 0 spiro atoms. The Morgan fingerprint density at radius 1 is 0.974 bits per heavy atom. The van der Waals surface area contributed by atoms with Crippen molar-refractivity contribution >= 4 is 27.8 Å². The molecule has 0 amide bonds. The number of hydrogen-bond donors (Lipinski definition) is 3. The summed E-state index contributed by atoms with van der Waals surface area (Å²) in [6.45, 7) is 6.99. The molecule has 1 aliphatic carbocycles. The highest BCUT2D eigenvalue weighted by molar-refractivity contribution is 6.09. The molecule has 4 heterocycles. The number of hydrogen-bond acceptors (Lipinski definition) is 6. The number of carbonyl (C=O) groups is 1. The highest BCUT2D eigenvalue weighted by Crippen LogP contribution is 2.30. The van der Waals surface area contributed by atoms with Crippen LogP contribution in [0.2, 0.25) is 0 Å². The lowest BCUT2D eigenvalue weighted by Gasteiger charge is -2.27. The van der Waals surface area contributed by atoms with E-state index in [-0.39, 0.29) is 6.54 Å². The Hall–Kier alpha value is -3.33. The molecule has 1 aromatic carbocycles. The summed E-state index contributed by atoms with van der Waals surface area (Å²) in [6.07, 6.45) is 9.90. The molecule has 3 N–H and O–H groups in total. The van der Waals surface area contributed by atoms with Crippen LogP contribution < -0.4 is 10.6 Å². The Balaban J connectivity index is 0.000000244. The van der Waals surface area contributed by atoms with E-state index in [4.69, 9.17) is 0 Å². The largest absolute Gasteiger partial charge is 0.480 e. The fourth-order valence-electron chi connectivity index (χ4n) is 5.60. The van der Waals surface area contributed by atoms with Crippen molar-refractivity contribution in [2.24, 2.45) is 0 Å². The number of aliphatic carboxylic acids is 1. The molecule has 0 bridgehead atoms. The third kappa shape index (κ3) is 6.38. The van der Waals surface area contributed by atoms with E-state index >= 15 is 0 Å². The third-order valence-corrected chi connectivity index (χ3v) is 7.47. The van der Waals surface area contributed by atoms with Crippen molar-refractivity contribution in [2.45, 2.75) is 45.2 Å². The molecule has 1 saturated heterocycles. The van der Waals surface area contributed by atoms with E-state index < -0.39 is 5.97 Å². The summed E-state index contributed by atoms with van der Waals surface area (Å²) in [6, 6.07) is 14.2. The molecular formula is C30H38N6O2. The third-order valence-electron chi connectivity index (χ3n) is 7.47. The second-order valence-electron chi connectivity index (χ2n) is 10.1. The summed E-state index contributed by atoms with van der Waals surface area (Å²) < 4.78 is 1.87. The first-order chi connectivity index (χ1) is 18.7. The van der Waals surface area contributed by atoms with Crippen LogP contribution in [-0.2, 0) is 30.7 Å². The lowest BCUT2D eigenvalue weighted by Crippen LogP contribution is -2.44. The lowest BCUT2D eigenvalue weighted by molar-refractivity contribution is -0.137. The molecule has 8 heteroatoms. The molecule has 2 aliphatic rings. The number of carboxylic acids is 1. The van der Waals surface area contributed by atoms with E-state index in [1.807, 2.05) is 53.4 Å². The molecule has 38 heavy (non-hydrogen) atoms. The fourth-order valence-corrected chi connectivity index (χ4v) is 5.60. The van der Waals surface area contributed by atoms with Crippen molar-refractivity contribution in [3.8, 4) is 0 Å². The summed E-state index contributed by atoms with van der Waals surface area (Å²) in [5.41, 5.74) is 5.55. The lowest BCUT2D eigenvalue weighted by atomic mass is 9.96. The number of piperazine rings is 1. The molecule has 3 aromatic heterocycles. The van der Waals surface area contributed by atoms with Crippen LogP contribution in [0.5, 0.6) is 0 Å². The van der Waals surface area contributed by atoms with Crippen LogP contribution in [0.4, 0.5) is 0 Å². The molecule has 8 nitrogen and oxygen atoms in total. The Kier molecular flexibility index (Phi) is 8.96. The second kappa shape index (κ2) is 13.0. The summed E-state index contributed by atoms with van der Waals surface area (Å²) in [5, 5.41) is 18.4. The molecule has 200 valence electrons. The van der Waals surface area contributed by atoms with Gasteiger partial charge in [-0.3, -0.25) is 14.8 Å². The van der Waals surface area contributed by atoms with E-state index in [1.165, 1.54) is 36.9 Å². The number of benzene rings is 1. The van der Waals surface area contributed by atoms with Gasteiger partial charge in [-0.1, -0.05) is 24.3 Å². The number of fused-ring (bicyclic) bond motifs is 4. The van der Waals surface area contributed by atoms with E-state index in [1.54, 1.807) is 0 Å². The molecular weight excluding hydrogens is 476 g/mol. The van der Waals surface area contributed by atoms with Crippen molar-refractivity contribution in [1.82, 2.24) is 30.1 Å². The van der Waals surface area contributed by atoms with Crippen molar-refractivity contribution in [3.05, 3.63) is 71.8 Å². The van der Waals surface area contributed by atoms with Gasteiger partial charge in [0.1, 0.15) is 6.54 Å². The minimum atomic E-state index is -0.846. The molecule has 0 radical (unpaired) electrons. The van der Waals surface area contributed by atoms with Gasteiger partial charge in [-0.05, 0) is 69.0 Å². The van der Waals surface area contributed by atoms with Crippen LogP contribution in [0, 0.1) is 0 Å². The molecule has 0 atom stereocenters. The summed E-state index contributed by atoms with van der Waals surface area (Å²) in [7, 11) is 0. The minimum Gasteiger partial charge on any atom is -0.480 e. The summed E-state index contributed by atoms with van der Waals surface area (Å²) in [5.74, 6) is -0.846. The average molecular weight is 515 g/mol. The van der Waals surface area contributed by atoms with Gasteiger partial charge in [0.05, 0.1) is 11.2 Å². The molecule has 1 aliphatic heterocycles. The minimum absolute atomic E-state index is 0.0638. The van der Waals surface area contributed by atoms with Gasteiger partial charge < -0.3 is 25.2 Å². The van der Waals surface area contributed by atoms with Gasteiger partial charge in [-0.2, -0.15) is 0 Å². The number of aromatic nitrogens is 3. The van der Waals surface area contributed by atoms with Crippen LogP contribution in [0.1, 0.15) is 36.2 Å². The summed E-state index contributed by atoms with van der Waals surface area (Å²) >= 11 is 0. The van der Waals surface area contributed by atoms with Crippen LogP contribution in [-0.4, -0.2) is 69.8 Å². The maximum Gasteiger partial charge on any atom is 0.323 e. The standard InChI is InChI=1S/C21H27N5O2.C9H11N/c27-20(28)15-26-19-5-2-1-4-16(19)17-6-8-24-18(21(17)26)14-23-7-3-11-25-12-9-22-10-13-25;1-2-6-9-8(4-1)5-3-7-10-9/h1-2,4-6,8,22-23H,3,7,9-15H2,(H,27,28);3,5,7H,1-2,4,6H2. The van der Waals surface area contributed by atoms with Crippen molar-refractivity contribution in [3.63, 3.8) is 0 Å². The van der Waals surface area contributed by atoms with E-state index in [0.29, 0.717) is 6.54 Å². The number of carboxylic acid groups (broad SMARTS) is 1. The number of rotatable bonds is 8. The SMILES string of the molecule is O=C(O)Cn1c2ccccc2c2ccnc(CNCCCN3CCNCC3)c21.c1cnc2c(c1)CCCC2. The normalized spacial score (nSPS) is 15.7. The summed E-state index contributed by atoms with van der Waals surface area (Å²) in [4.78, 5) is 22.8. The van der Waals surface area contributed by atoms with Crippen LogP contribution >= 0.6 is 0 Å². The Morgan fingerprint density at radius 3 is 2.66 bits per heavy atom. The molecule has 0 saturated carbocycles. The maximum absolute atomic E-state index is 11.4. The number of nitrogens with zero attached hydrogens (tertiary/aromatic N) is 4. The van der Waals surface area contributed by atoms with Crippen LogP contribution in [0.3, 0.4) is 0 Å². The van der Waals surface area contributed by atoms with Crippen LogP contribution in [0.25, 0.3) is 21.8 Å². The zero-order chi connectivity index (χ0) is 26.2. The van der Waals surface area contributed by atoms with Gasteiger partial charge >= 0.3 is 5.97 Å². The molecule has 0 unspecified atom stereocenters. The predicted molar refractivity (Wildman–Crippen MR) is 151 cm³/mol. The highest BCUT2D eigenvalue weighted by atomic mass is 16.4. The molecule has 4 aromatic rings. The quantitative estimate of drug-likeness (QED) is 0.309. The number of pyridine rings is 2.